The molecule has 0 aromatic rings. The van der Waals surface area contributed by atoms with E-state index in [-0.39, 0.29) is 25.1 Å². The summed E-state index contributed by atoms with van der Waals surface area (Å²) in [7, 11) is 0. The van der Waals surface area contributed by atoms with E-state index in [2.05, 4.69) is 53.9 Å². The summed E-state index contributed by atoms with van der Waals surface area (Å²) in [6.07, 6.45) is 50.9. The van der Waals surface area contributed by atoms with Crippen molar-refractivity contribution < 1.29 is 19.1 Å². The molecule has 9 nitrogen and oxygen atoms in total. The van der Waals surface area contributed by atoms with Crippen LogP contribution in [-0.4, -0.2) is 88.2 Å². The molecule has 0 rings (SSSR count). The molecule has 0 spiro atoms. The lowest BCUT2D eigenvalue weighted by atomic mass is 10.1. The van der Waals surface area contributed by atoms with Gasteiger partial charge >= 0.3 is 0 Å². The minimum Gasteiger partial charge on any atom is -0.380 e. The van der Waals surface area contributed by atoms with E-state index in [1.807, 2.05) is 6.92 Å². The number of unbranched alkanes of at least 4 members (excludes halogenated alkanes) is 33. The fourth-order valence-corrected chi connectivity index (χ4v) is 8.54. The zero-order valence-electron chi connectivity index (χ0n) is 45.9. The Bertz CT molecular complexity index is 939. The first-order valence-electron chi connectivity index (χ1n) is 29.8. The summed E-state index contributed by atoms with van der Waals surface area (Å²) in [5.41, 5.74) is 0. The first-order chi connectivity index (χ1) is 32.9. The number of nitrogens with zero attached hydrogens (tertiary/aromatic N) is 1. The number of carbonyl (C=O) groups is 3. The van der Waals surface area contributed by atoms with E-state index >= 15 is 0 Å². The Hall–Kier alpha value is -1.71. The maximum Gasteiger partial charge on any atom is 0.221 e. The van der Waals surface area contributed by atoms with Crippen LogP contribution >= 0.6 is 0 Å². The summed E-state index contributed by atoms with van der Waals surface area (Å²) < 4.78 is 5.54. The number of ether oxygens (including phenoxy) is 1. The average molecular weight is 967 g/mol. The van der Waals surface area contributed by atoms with Gasteiger partial charge in [0, 0.05) is 71.7 Å². The molecular weight excluding hydrogens is 843 g/mol. The van der Waals surface area contributed by atoms with Crippen molar-refractivity contribution in [3.8, 4) is 0 Å². The summed E-state index contributed by atoms with van der Waals surface area (Å²) in [6, 6.07) is 0. The zero-order chi connectivity index (χ0) is 49.2. The molecule has 408 valence electrons. The molecule has 3 amide bonds. The molecular formula is C59H123N5O4. The van der Waals surface area contributed by atoms with E-state index in [0.29, 0.717) is 45.6 Å². The summed E-state index contributed by atoms with van der Waals surface area (Å²) in [5, 5.41) is 12.5. The first kappa shape index (κ1) is 70.5. The van der Waals surface area contributed by atoms with Crippen LogP contribution in [0.4, 0.5) is 0 Å². The van der Waals surface area contributed by atoms with Crippen molar-refractivity contribution in [1.29, 1.82) is 0 Å². The van der Waals surface area contributed by atoms with Gasteiger partial charge in [-0.2, -0.15) is 0 Å². The Labute approximate surface area is 425 Å². The molecule has 0 aromatic heterocycles. The highest BCUT2D eigenvalue weighted by molar-refractivity contribution is 5.77. The van der Waals surface area contributed by atoms with Crippen molar-refractivity contribution in [3.05, 3.63) is 0 Å². The number of hydrogen-bond donors (Lipinski definition) is 4. The third kappa shape index (κ3) is 62.3. The number of amides is 3. The van der Waals surface area contributed by atoms with Crippen molar-refractivity contribution in [1.82, 2.24) is 26.2 Å². The maximum atomic E-state index is 12.4. The summed E-state index contributed by atoms with van der Waals surface area (Å²) in [4.78, 5) is 38.6. The lowest BCUT2D eigenvalue weighted by Gasteiger charge is -2.21. The van der Waals surface area contributed by atoms with Gasteiger partial charge in [-0.3, -0.25) is 14.4 Å². The summed E-state index contributed by atoms with van der Waals surface area (Å²) >= 11 is 0. The number of nitrogens with one attached hydrogen (secondary N) is 4. The van der Waals surface area contributed by atoms with Gasteiger partial charge in [0.05, 0.1) is 6.61 Å². The molecule has 0 radical (unpaired) electrons. The maximum absolute atomic E-state index is 12.4. The van der Waals surface area contributed by atoms with Gasteiger partial charge in [-0.05, 0) is 39.2 Å². The molecule has 0 aliphatic carbocycles. The van der Waals surface area contributed by atoms with Crippen LogP contribution < -0.4 is 21.3 Å². The second-order valence-electron chi connectivity index (χ2n) is 19.8. The standard InChI is InChI=1S/C38H77N3O3.C20H42N2O.CH4/c1-4-7-9-11-13-15-17-19-21-23-25-27-31-39-37(42)29-33-41(35-36-44-6-3)34-30-38(43)40-32-28-26-24-22-20-18-16-14-12-10-8-5-2;1-3-5-6-7-8-9-10-11-12-13-14-15-18-22-20(23)16-19-21-17-4-2;/h4-36H2,1-3H3,(H,39,42)(H,40,43);21H,3-19H2,1-2H3,(H,22,23);1H4. The normalized spacial score (nSPS) is 11.0. The number of rotatable bonds is 54. The largest absolute Gasteiger partial charge is 0.380 e. The third-order valence-corrected chi connectivity index (χ3v) is 13.1. The molecule has 0 aliphatic heterocycles. The fraction of sp³-hybridized carbons (Fsp3) is 0.949. The van der Waals surface area contributed by atoms with Gasteiger partial charge in [-0.25, -0.2) is 0 Å². The van der Waals surface area contributed by atoms with E-state index in [4.69, 9.17) is 4.74 Å². The molecule has 0 heterocycles. The van der Waals surface area contributed by atoms with Crippen LogP contribution in [-0.2, 0) is 19.1 Å². The van der Waals surface area contributed by atoms with E-state index in [1.54, 1.807) is 0 Å². The van der Waals surface area contributed by atoms with Gasteiger partial charge in [0.15, 0.2) is 0 Å². The Morgan fingerprint density at radius 2 is 0.603 bits per heavy atom. The quantitative estimate of drug-likeness (QED) is 0.0452. The van der Waals surface area contributed by atoms with Gasteiger partial charge in [0.2, 0.25) is 17.7 Å². The average Bonchev–Trinajstić information content (AvgIpc) is 3.33. The highest BCUT2D eigenvalue weighted by atomic mass is 16.5. The molecule has 0 atom stereocenters. The van der Waals surface area contributed by atoms with Gasteiger partial charge in [0.1, 0.15) is 0 Å². The number of hydrogen-bond acceptors (Lipinski definition) is 6. The fourth-order valence-electron chi connectivity index (χ4n) is 8.54. The van der Waals surface area contributed by atoms with Crippen LogP contribution in [0.25, 0.3) is 0 Å². The molecule has 9 heteroatoms. The molecule has 0 bridgehead atoms. The van der Waals surface area contributed by atoms with Crippen molar-refractivity contribution >= 4 is 17.7 Å². The van der Waals surface area contributed by atoms with Crippen molar-refractivity contribution in [2.75, 3.05) is 65.6 Å². The van der Waals surface area contributed by atoms with E-state index in [9.17, 15) is 14.4 Å². The lowest BCUT2D eigenvalue weighted by molar-refractivity contribution is -0.122. The van der Waals surface area contributed by atoms with E-state index < -0.39 is 0 Å². The summed E-state index contributed by atoms with van der Waals surface area (Å²) in [6.45, 7) is 18.6. The number of carbonyl (C=O) groups excluding carboxylic acids is 3. The minimum absolute atomic E-state index is 0. The highest BCUT2D eigenvalue weighted by Crippen LogP contribution is 2.14. The van der Waals surface area contributed by atoms with Gasteiger partial charge in [0.25, 0.3) is 0 Å². The molecule has 4 N–H and O–H groups in total. The van der Waals surface area contributed by atoms with Gasteiger partial charge in [-0.1, -0.05) is 247 Å². The monoisotopic (exact) mass is 966 g/mol. The Morgan fingerprint density at radius 3 is 0.882 bits per heavy atom. The van der Waals surface area contributed by atoms with Crippen molar-refractivity contribution in [3.63, 3.8) is 0 Å². The Balaban J connectivity index is -0.00000148. The third-order valence-electron chi connectivity index (χ3n) is 13.1. The second-order valence-corrected chi connectivity index (χ2v) is 19.8. The van der Waals surface area contributed by atoms with Crippen LogP contribution in [0.15, 0.2) is 0 Å². The second kappa shape index (κ2) is 63.3. The van der Waals surface area contributed by atoms with Crippen molar-refractivity contribution in [2.45, 2.75) is 299 Å². The Morgan fingerprint density at radius 1 is 0.324 bits per heavy atom. The zero-order valence-corrected chi connectivity index (χ0v) is 45.9. The molecule has 68 heavy (non-hydrogen) atoms. The molecule has 0 saturated carbocycles. The van der Waals surface area contributed by atoms with Crippen LogP contribution in [0.3, 0.4) is 0 Å². The molecule has 0 unspecified atom stereocenters. The topological polar surface area (TPSA) is 112 Å². The predicted octanol–water partition coefficient (Wildman–Crippen LogP) is 15.6. The van der Waals surface area contributed by atoms with Gasteiger partial charge < -0.3 is 30.9 Å². The van der Waals surface area contributed by atoms with Crippen LogP contribution in [0.2, 0.25) is 0 Å². The Kier molecular flexibility index (Phi) is 65.7. The molecule has 0 aliphatic rings. The predicted molar refractivity (Wildman–Crippen MR) is 299 cm³/mol. The SMILES string of the molecule is C.CCCCCCCCCCCCCCNC(=O)CCN(CCOCC)CCC(=O)NCCCCCCCCCCCCCC.CCCCCCCCCCCCCCNC(=O)CCNCCC. The summed E-state index contributed by atoms with van der Waals surface area (Å²) in [5.74, 6) is 0.425. The van der Waals surface area contributed by atoms with E-state index in [0.717, 1.165) is 65.0 Å². The van der Waals surface area contributed by atoms with Gasteiger partial charge in [-0.15, -0.1) is 0 Å². The van der Waals surface area contributed by atoms with Crippen molar-refractivity contribution in [2.24, 2.45) is 0 Å². The van der Waals surface area contributed by atoms with Crippen LogP contribution in [0.5, 0.6) is 0 Å². The molecule has 0 aromatic carbocycles. The highest BCUT2D eigenvalue weighted by Gasteiger charge is 2.11. The minimum atomic E-state index is 0. The van der Waals surface area contributed by atoms with Crippen LogP contribution in [0.1, 0.15) is 299 Å². The smallest absolute Gasteiger partial charge is 0.221 e. The molecule has 0 fully saturated rings. The lowest BCUT2D eigenvalue weighted by Crippen LogP contribution is -2.36. The van der Waals surface area contributed by atoms with E-state index in [1.165, 1.54) is 212 Å². The first-order valence-corrected chi connectivity index (χ1v) is 29.8. The van der Waals surface area contributed by atoms with Crippen LogP contribution in [0, 0.1) is 0 Å². The molecule has 0 saturated heterocycles.